The zero-order valence-corrected chi connectivity index (χ0v) is 8.67. The first-order valence-electron chi connectivity index (χ1n) is 3.58. The van der Waals surface area contributed by atoms with Crippen LogP contribution in [-0.4, -0.2) is 10.7 Å². The van der Waals surface area contributed by atoms with E-state index in [0.29, 0.717) is 0 Å². The van der Waals surface area contributed by atoms with Crippen LogP contribution in [0.15, 0.2) is 16.6 Å². The summed E-state index contributed by atoms with van der Waals surface area (Å²) in [4.78, 5) is 20.5. The number of nitrogens with zero attached hydrogens (tertiary/aromatic N) is 1. The number of nitro benzene ring substituents is 1. The molecule has 0 N–H and O–H groups in total. The Balaban J connectivity index is 3.49. The van der Waals surface area contributed by atoms with Crippen LogP contribution in [-0.2, 0) is 0 Å². The molecule has 0 aliphatic carbocycles. The Kier molecular flexibility index (Phi) is 2.95. The predicted octanol–water partition coefficient (Wildman–Crippen LogP) is 2.70. The van der Waals surface area contributed by atoms with Crippen molar-refractivity contribution < 1.29 is 14.1 Å². The molecular weight excluding hydrogens is 257 g/mol. The maximum absolute atomic E-state index is 13.0. The molecule has 14 heavy (non-hydrogen) atoms. The van der Waals surface area contributed by atoms with E-state index in [1.807, 2.05) is 0 Å². The molecule has 0 spiro atoms. The van der Waals surface area contributed by atoms with Crippen LogP contribution in [0, 0.1) is 15.9 Å². The molecule has 4 nitrogen and oxygen atoms in total. The minimum absolute atomic E-state index is 0.0955. The Labute approximate surface area is 87.0 Å². The smallest absolute Gasteiger partial charge is 0.294 e. The molecule has 0 saturated carbocycles. The van der Waals surface area contributed by atoms with Crippen molar-refractivity contribution in [1.29, 1.82) is 0 Å². The number of benzene rings is 1. The first kappa shape index (κ1) is 10.8. The lowest BCUT2D eigenvalue weighted by Crippen LogP contribution is -2.00. The van der Waals surface area contributed by atoms with Crippen LogP contribution in [0.5, 0.6) is 0 Å². The minimum atomic E-state index is -0.966. The van der Waals surface area contributed by atoms with E-state index in [-0.39, 0.29) is 15.8 Å². The topological polar surface area (TPSA) is 60.2 Å². The summed E-state index contributed by atoms with van der Waals surface area (Å²) >= 11 is 2.83. The largest absolute Gasteiger partial charge is 0.319 e. The fourth-order valence-corrected chi connectivity index (χ4v) is 1.73. The lowest BCUT2D eigenvalue weighted by atomic mass is 10.1. The maximum atomic E-state index is 13.0. The average Bonchev–Trinajstić information content (AvgIpc) is 2.02. The highest BCUT2D eigenvalue weighted by Crippen LogP contribution is 2.31. The minimum Gasteiger partial charge on any atom is -0.294 e. The number of hydrogen-bond acceptors (Lipinski definition) is 3. The fraction of sp³-hybridized carbons (Fsp3) is 0.125. The van der Waals surface area contributed by atoms with Crippen LogP contribution in [0.1, 0.15) is 17.3 Å². The molecule has 0 radical (unpaired) electrons. The maximum Gasteiger partial charge on any atom is 0.319 e. The van der Waals surface area contributed by atoms with Gasteiger partial charge in [-0.15, -0.1) is 0 Å². The number of hydrogen-bond donors (Lipinski definition) is 0. The van der Waals surface area contributed by atoms with Gasteiger partial charge in [-0.25, -0.2) is 0 Å². The summed E-state index contributed by atoms with van der Waals surface area (Å²) in [6, 6.07) is 2.11. The van der Waals surface area contributed by atoms with Gasteiger partial charge in [0, 0.05) is 5.56 Å². The highest BCUT2D eigenvalue weighted by atomic mass is 79.9. The molecule has 0 heterocycles. The van der Waals surface area contributed by atoms with Gasteiger partial charge in [0.25, 0.3) is 0 Å². The van der Waals surface area contributed by atoms with Crippen LogP contribution >= 0.6 is 15.9 Å². The van der Waals surface area contributed by atoms with E-state index < -0.39 is 16.4 Å². The van der Waals surface area contributed by atoms with Gasteiger partial charge >= 0.3 is 5.69 Å². The van der Waals surface area contributed by atoms with Gasteiger partial charge in [-0.1, -0.05) is 0 Å². The Hall–Kier alpha value is -1.30. The summed E-state index contributed by atoms with van der Waals surface area (Å²) in [5, 5.41) is 10.4. The summed E-state index contributed by atoms with van der Waals surface area (Å²) < 4.78 is 12.8. The van der Waals surface area contributed by atoms with E-state index in [1.165, 1.54) is 13.0 Å². The van der Waals surface area contributed by atoms with Crippen LogP contribution in [0.3, 0.4) is 0 Å². The summed E-state index contributed by atoms with van der Waals surface area (Å²) in [5.41, 5.74) is -0.615. The molecule has 1 rings (SSSR count). The molecule has 0 saturated heterocycles. The van der Waals surface area contributed by atoms with Crippen molar-refractivity contribution in [2.45, 2.75) is 6.92 Å². The number of rotatable bonds is 2. The van der Waals surface area contributed by atoms with Gasteiger partial charge in [-0.3, -0.25) is 14.9 Å². The molecule has 0 aromatic heterocycles. The predicted molar refractivity (Wildman–Crippen MR) is 50.8 cm³/mol. The van der Waals surface area contributed by atoms with Gasteiger partial charge in [0.2, 0.25) is 5.82 Å². The molecule has 1 aromatic rings. The Morgan fingerprint density at radius 1 is 1.57 bits per heavy atom. The van der Waals surface area contributed by atoms with Crippen molar-refractivity contribution in [3.8, 4) is 0 Å². The van der Waals surface area contributed by atoms with Crippen LogP contribution in [0.25, 0.3) is 0 Å². The third kappa shape index (κ3) is 1.79. The van der Waals surface area contributed by atoms with Crippen LogP contribution < -0.4 is 0 Å². The fourth-order valence-electron chi connectivity index (χ4n) is 0.980. The highest BCUT2D eigenvalue weighted by Gasteiger charge is 2.23. The van der Waals surface area contributed by atoms with Crippen LogP contribution in [0.4, 0.5) is 10.1 Å². The second-order valence-electron chi connectivity index (χ2n) is 2.57. The van der Waals surface area contributed by atoms with Gasteiger partial charge in [-0.05, 0) is 35.0 Å². The van der Waals surface area contributed by atoms with Gasteiger partial charge < -0.3 is 0 Å². The van der Waals surface area contributed by atoms with E-state index in [0.717, 1.165) is 6.07 Å². The summed E-state index contributed by atoms with van der Waals surface area (Å²) in [6.07, 6.45) is 0. The molecule has 0 aliphatic rings. The second kappa shape index (κ2) is 3.83. The molecule has 1 aromatic carbocycles. The van der Waals surface area contributed by atoms with Crippen LogP contribution in [0.2, 0.25) is 0 Å². The molecule has 0 aliphatic heterocycles. The molecule has 0 unspecified atom stereocenters. The number of Topliss-reactive ketones (excluding diaryl/α,β-unsaturated/α-hetero) is 1. The Bertz CT molecular complexity index is 419. The number of carbonyl (C=O) groups is 1. The monoisotopic (exact) mass is 261 g/mol. The lowest BCUT2D eigenvalue weighted by Gasteiger charge is -2.01. The van der Waals surface area contributed by atoms with Crippen molar-refractivity contribution in [1.82, 2.24) is 0 Å². The third-order valence-corrected chi connectivity index (χ3v) is 2.43. The molecule has 0 bridgehead atoms. The normalized spacial score (nSPS) is 9.93. The molecule has 6 heteroatoms. The number of ketones is 1. The average molecular weight is 262 g/mol. The van der Waals surface area contributed by atoms with Gasteiger partial charge in [0.15, 0.2) is 5.78 Å². The van der Waals surface area contributed by atoms with Crippen molar-refractivity contribution >= 4 is 27.4 Å². The number of nitro groups is 1. The summed E-state index contributed by atoms with van der Waals surface area (Å²) in [7, 11) is 0. The molecular formula is C8H5BrFNO3. The van der Waals surface area contributed by atoms with Gasteiger partial charge in [-0.2, -0.15) is 4.39 Å². The Morgan fingerprint density at radius 2 is 2.14 bits per heavy atom. The number of halogens is 2. The van der Waals surface area contributed by atoms with Gasteiger partial charge in [0.1, 0.15) is 4.47 Å². The van der Waals surface area contributed by atoms with E-state index in [4.69, 9.17) is 0 Å². The molecule has 0 fully saturated rings. The zero-order chi connectivity index (χ0) is 10.9. The first-order chi connectivity index (χ1) is 6.45. The number of carbonyl (C=O) groups excluding carboxylic acids is 1. The molecule has 0 amide bonds. The lowest BCUT2D eigenvalue weighted by molar-refractivity contribution is -0.388. The van der Waals surface area contributed by atoms with E-state index in [1.54, 1.807) is 0 Å². The van der Waals surface area contributed by atoms with Crippen molar-refractivity contribution in [2.75, 3.05) is 0 Å². The second-order valence-corrected chi connectivity index (χ2v) is 3.36. The van der Waals surface area contributed by atoms with E-state index in [9.17, 15) is 19.3 Å². The zero-order valence-electron chi connectivity index (χ0n) is 7.08. The van der Waals surface area contributed by atoms with E-state index >= 15 is 0 Å². The highest BCUT2D eigenvalue weighted by molar-refractivity contribution is 9.10. The van der Waals surface area contributed by atoms with Crippen molar-refractivity contribution in [3.63, 3.8) is 0 Å². The molecule has 74 valence electrons. The van der Waals surface area contributed by atoms with Gasteiger partial charge in [0.05, 0.1) is 4.92 Å². The SMILES string of the molecule is CC(=O)c1ccc(F)c([N+](=O)[O-])c1Br. The molecule has 0 atom stereocenters. The Morgan fingerprint density at radius 3 is 2.57 bits per heavy atom. The summed E-state index contributed by atoms with van der Waals surface area (Å²) in [6.45, 7) is 1.25. The third-order valence-electron chi connectivity index (χ3n) is 1.63. The van der Waals surface area contributed by atoms with E-state index in [2.05, 4.69) is 15.9 Å². The van der Waals surface area contributed by atoms with Crippen molar-refractivity contribution in [3.05, 3.63) is 38.1 Å². The summed E-state index contributed by atoms with van der Waals surface area (Å²) in [5.74, 6) is -1.33. The quantitative estimate of drug-likeness (QED) is 0.467. The first-order valence-corrected chi connectivity index (χ1v) is 4.37. The standard InChI is InChI=1S/C8H5BrFNO3/c1-4(12)5-2-3-6(10)8(7(5)9)11(13)14/h2-3H,1H3. The van der Waals surface area contributed by atoms with Crippen molar-refractivity contribution in [2.24, 2.45) is 0 Å².